The van der Waals surface area contributed by atoms with Crippen LogP contribution in [0.15, 0.2) is 29.2 Å². The van der Waals surface area contributed by atoms with Gasteiger partial charge in [-0.25, -0.2) is 13.1 Å². The molecule has 0 saturated heterocycles. The molecule has 3 N–H and O–H groups in total. The van der Waals surface area contributed by atoms with E-state index in [1.54, 1.807) is 18.2 Å². The molecule has 7 heteroatoms. The minimum atomic E-state index is -3.60. The number of methoxy groups -OCH3 is 1. The smallest absolute Gasteiger partial charge is 0.244 e. The second-order valence-electron chi connectivity index (χ2n) is 4.35. The van der Waals surface area contributed by atoms with Crippen LogP contribution in [0.2, 0.25) is 0 Å². The van der Waals surface area contributed by atoms with Crippen molar-refractivity contribution in [3.63, 3.8) is 0 Å². The molecule has 0 heterocycles. The van der Waals surface area contributed by atoms with Gasteiger partial charge < -0.3 is 10.5 Å². The zero-order valence-electron chi connectivity index (χ0n) is 11.8. The molecule has 0 amide bonds. The summed E-state index contributed by atoms with van der Waals surface area (Å²) in [6.45, 7) is 2.34. The van der Waals surface area contributed by atoms with Crippen molar-refractivity contribution in [1.82, 2.24) is 4.72 Å². The molecule has 1 aromatic carbocycles. The number of hydrogen-bond acceptors (Lipinski definition) is 4. The Morgan fingerprint density at radius 3 is 2.55 bits per heavy atom. The fourth-order valence-electron chi connectivity index (χ4n) is 1.80. The number of nitrogens with two attached hydrogens (primary N) is 1. The summed E-state index contributed by atoms with van der Waals surface area (Å²) in [5.41, 5.74) is 5.61. The molecule has 0 spiro atoms. The highest BCUT2D eigenvalue weighted by molar-refractivity contribution is 7.89. The Kier molecular flexibility index (Phi) is 8.80. The standard InChI is InChI=1S/C13H22N2O3S.ClH/c1-3-4-7-11(10-14)15-19(16,17)13-9-6-5-8-12(13)18-2;/h5-6,8-9,11,15H,3-4,7,10,14H2,1-2H3;1H. The summed E-state index contributed by atoms with van der Waals surface area (Å²) in [6.07, 6.45) is 2.69. The minimum Gasteiger partial charge on any atom is -0.495 e. The fraction of sp³-hybridized carbons (Fsp3) is 0.538. The van der Waals surface area contributed by atoms with Gasteiger partial charge >= 0.3 is 0 Å². The van der Waals surface area contributed by atoms with Crippen LogP contribution in [-0.4, -0.2) is 28.1 Å². The summed E-state index contributed by atoms with van der Waals surface area (Å²) < 4.78 is 32.3. The van der Waals surface area contributed by atoms with E-state index in [-0.39, 0.29) is 29.9 Å². The third kappa shape index (κ3) is 5.28. The van der Waals surface area contributed by atoms with Gasteiger partial charge in [-0.15, -0.1) is 12.4 Å². The van der Waals surface area contributed by atoms with Crippen LogP contribution in [0.25, 0.3) is 0 Å². The Hall–Kier alpha value is -0.820. The monoisotopic (exact) mass is 322 g/mol. The maximum atomic E-state index is 12.3. The van der Waals surface area contributed by atoms with E-state index in [9.17, 15) is 8.42 Å². The Labute approximate surface area is 127 Å². The Balaban J connectivity index is 0.00000361. The van der Waals surface area contributed by atoms with Gasteiger partial charge in [0.25, 0.3) is 0 Å². The third-order valence-corrected chi connectivity index (χ3v) is 4.43. The van der Waals surface area contributed by atoms with Gasteiger partial charge in [0.15, 0.2) is 0 Å². The normalized spacial score (nSPS) is 12.6. The first kappa shape index (κ1) is 19.2. The zero-order valence-corrected chi connectivity index (χ0v) is 13.5. The summed E-state index contributed by atoms with van der Waals surface area (Å²) in [7, 11) is -2.15. The molecule has 0 saturated carbocycles. The summed E-state index contributed by atoms with van der Waals surface area (Å²) in [4.78, 5) is 0.146. The molecule has 20 heavy (non-hydrogen) atoms. The number of ether oxygens (including phenoxy) is 1. The molecule has 1 unspecified atom stereocenters. The number of unbranched alkanes of at least 4 members (excludes halogenated alkanes) is 1. The number of nitrogens with one attached hydrogen (secondary N) is 1. The van der Waals surface area contributed by atoms with Gasteiger partial charge in [-0.2, -0.15) is 0 Å². The molecule has 0 aliphatic carbocycles. The molecular formula is C13H23ClN2O3S. The first-order valence-corrected chi connectivity index (χ1v) is 7.88. The molecule has 116 valence electrons. The Morgan fingerprint density at radius 1 is 1.35 bits per heavy atom. The van der Waals surface area contributed by atoms with Gasteiger partial charge in [0.05, 0.1) is 7.11 Å². The topological polar surface area (TPSA) is 81.4 Å². The molecular weight excluding hydrogens is 300 g/mol. The van der Waals surface area contributed by atoms with Crippen molar-refractivity contribution in [3.05, 3.63) is 24.3 Å². The minimum absolute atomic E-state index is 0. The Morgan fingerprint density at radius 2 is 2.00 bits per heavy atom. The summed E-state index contributed by atoms with van der Waals surface area (Å²) in [6, 6.07) is 6.30. The van der Waals surface area contributed by atoms with Gasteiger partial charge in [-0.1, -0.05) is 31.9 Å². The van der Waals surface area contributed by atoms with Crippen LogP contribution in [0.4, 0.5) is 0 Å². The van der Waals surface area contributed by atoms with E-state index in [1.807, 2.05) is 0 Å². The second-order valence-corrected chi connectivity index (χ2v) is 6.03. The molecule has 0 aliphatic heterocycles. The van der Waals surface area contributed by atoms with Gasteiger partial charge in [-0.3, -0.25) is 0 Å². The van der Waals surface area contributed by atoms with Gasteiger partial charge in [-0.05, 0) is 18.6 Å². The highest BCUT2D eigenvalue weighted by Crippen LogP contribution is 2.23. The first-order chi connectivity index (χ1) is 9.05. The average Bonchev–Trinajstić information content (AvgIpc) is 2.43. The molecule has 0 bridgehead atoms. The number of para-hydroxylation sites is 1. The highest BCUT2D eigenvalue weighted by atomic mass is 35.5. The van der Waals surface area contributed by atoms with E-state index in [0.717, 1.165) is 19.3 Å². The van der Waals surface area contributed by atoms with Crippen molar-refractivity contribution in [3.8, 4) is 5.75 Å². The molecule has 1 aromatic rings. The molecule has 0 radical (unpaired) electrons. The number of rotatable bonds is 8. The van der Waals surface area contributed by atoms with Crippen molar-refractivity contribution in [1.29, 1.82) is 0 Å². The van der Waals surface area contributed by atoms with Crippen LogP contribution in [0.1, 0.15) is 26.2 Å². The van der Waals surface area contributed by atoms with Crippen molar-refractivity contribution in [2.45, 2.75) is 37.1 Å². The predicted molar refractivity (Wildman–Crippen MR) is 82.9 cm³/mol. The largest absolute Gasteiger partial charge is 0.495 e. The van der Waals surface area contributed by atoms with E-state index in [1.165, 1.54) is 13.2 Å². The molecule has 5 nitrogen and oxygen atoms in total. The van der Waals surface area contributed by atoms with Gasteiger partial charge in [0.2, 0.25) is 10.0 Å². The summed E-state index contributed by atoms with van der Waals surface area (Å²) in [5, 5.41) is 0. The lowest BCUT2D eigenvalue weighted by Crippen LogP contribution is -2.40. The van der Waals surface area contributed by atoms with Gasteiger partial charge in [0, 0.05) is 12.6 Å². The molecule has 1 atom stereocenters. The lowest BCUT2D eigenvalue weighted by atomic mass is 10.1. The number of halogens is 1. The number of benzene rings is 1. The average molecular weight is 323 g/mol. The van der Waals surface area contributed by atoms with Gasteiger partial charge in [0.1, 0.15) is 10.6 Å². The summed E-state index contributed by atoms with van der Waals surface area (Å²) in [5.74, 6) is 0.335. The molecule has 0 aliphatic rings. The maximum Gasteiger partial charge on any atom is 0.244 e. The lowest BCUT2D eigenvalue weighted by Gasteiger charge is -2.17. The zero-order chi connectivity index (χ0) is 14.3. The van der Waals surface area contributed by atoms with E-state index >= 15 is 0 Å². The fourth-order valence-corrected chi connectivity index (χ4v) is 3.25. The quantitative estimate of drug-likeness (QED) is 0.766. The van der Waals surface area contributed by atoms with Crippen LogP contribution >= 0.6 is 12.4 Å². The Bertz CT molecular complexity index is 494. The SMILES string of the molecule is CCCCC(CN)NS(=O)(=O)c1ccccc1OC.Cl. The second kappa shape index (κ2) is 9.18. The number of hydrogen-bond donors (Lipinski definition) is 2. The lowest BCUT2D eigenvalue weighted by molar-refractivity contribution is 0.401. The highest BCUT2D eigenvalue weighted by Gasteiger charge is 2.22. The van der Waals surface area contributed by atoms with E-state index in [0.29, 0.717) is 5.75 Å². The van der Waals surface area contributed by atoms with E-state index in [4.69, 9.17) is 10.5 Å². The van der Waals surface area contributed by atoms with Crippen molar-refractivity contribution < 1.29 is 13.2 Å². The van der Waals surface area contributed by atoms with Crippen molar-refractivity contribution in [2.75, 3.05) is 13.7 Å². The molecule has 0 fully saturated rings. The van der Waals surface area contributed by atoms with E-state index < -0.39 is 10.0 Å². The first-order valence-electron chi connectivity index (χ1n) is 6.40. The van der Waals surface area contributed by atoms with E-state index in [2.05, 4.69) is 11.6 Å². The van der Waals surface area contributed by atoms with Crippen molar-refractivity contribution in [2.24, 2.45) is 5.73 Å². The third-order valence-electron chi connectivity index (χ3n) is 2.87. The predicted octanol–water partition coefficient (Wildman–Crippen LogP) is 1.91. The molecule has 1 rings (SSSR count). The van der Waals surface area contributed by atoms with Crippen molar-refractivity contribution >= 4 is 22.4 Å². The van der Waals surface area contributed by atoms with Crippen LogP contribution in [0, 0.1) is 0 Å². The van der Waals surface area contributed by atoms with Crippen LogP contribution in [0.3, 0.4) is 0 Å². The molecule has 0 aromatic heterocycles. The number of sulfonamides is 1. The van der Waals surface area contributed by atoms with Crippen LogP contribution in [0.5, 0.6) is 5.75 Å². The van der Waals surface area contributed by atoms with Crippen LogP contribution in [-0.2, 0) is 10.0 Å². The van der Waals surface area contributed by atoms with Crippen LogP contribution < -0.4 is 15.2 Å². The maximum absolute atomic E-state index is 12.3. The summed E-state index contributed by atoms with van der Waals surface area (Å²) >= 11 is 0.